The van der Waals surface area contributed by atoms with Gasteiger partial charge < -0.3 is 14.2 Å². The topological polar surface area (TPSA) is 71.7 Å². The minimum Gasteiger partial charge on any atom is -0.444 e. The van der Waals surface area contributed by atoms with Crippen LogP contribution in [0.2, 0.25) is 0 Å². The summed E-state index contributed by atoms with van der Waals surface area (Å²) in [6.07, 6.45) is -0.250. The molecule has 0 unspecified atom stereocenters. The van der Waals surface area contributed by atoms with Crippen molar-refractivity contribution in [3.63, 3.8) is 0 Å². The summed E-state index contributed by atoms with van der Waals surface area (Å²) in [4.78, 5) is 20.4. The number of hydrogen-bond acceptors (Lipinski definition) is 7. The highest BCUT2D eigenvalue weighted by Crippen LogP contribution is 2.19. The molecule has 130 valence electrons. The molecule has 0 atom stereocenters. The number of ether oxygens (including phenoxy) is 1. The first-order chi connectivity index (χ1) is 11.4. The Labute approximate surface area is 145 Å². The van der Waals surface area contributed by atoms with Crippen LogP contribution < -0.4 is 0 Å². The molecular weight excluding hydrogens is 328 g/mol. The maximum absolute atomic E-state index is 12.1. The maximum atomic E-state index is 12.1. The molecule has 0 aromatic carbocycles. The summed E-state index contributed by atoms with van der Waals surface area (Å²) in [5.41, 5.74) is 0.514. The Hall–Kier alpha value is -1.93. The van der Waals surface area contributed by atoms with Gasteiger partial charge in [-0.2, -0.15) is 16.3 Å². The van der Waals surface area contributed by atoms with E-state index >= 15 is 0 Å². The Kier molecular flexibility index (Phi) is 4.86. The molecule has 3 heterocycles. The number of amides is 1. The largest absolute Gasteiger partial charge is 0.444 e. The minimum absolute atomic E-state index is 0.250. The fourth-order valence-corrected chi connectivity index (χ4v) is 3.07. The molecule has 0 bridgehead atoms. The second-order valence-corrected chi connectivity index (χ2v) is 7.55. The van der Waals surface area contributed by atoms with Crippen LogP contribution in [0.15, 0.2) is 21.3 Å². The van der Waals surface area contributed by atoms with Crippen molar-refractivity contribution in [2.24, 2.45) is 0 Å². The Balaban J connectivity index is 1.50. The quantitative estimate of drug-likeness (QED) is 0.848. The standard InChI is InChI=1S/C16H22N4O3S/c1-16(2,3)22-15(21)20-7-5-19(6-8-20)10-13-17-14(18-23-13)12-4-9-24-11-12/h4,9,11H,5-8,10H2,1-3H3. The van der Waals surface area contributed by atoms with Gasteiger partial charge in [-0.15, -0.1) is 0 Å². The van der Waals surface area contributed by atoms with Crippen LogP contribution in [0.1, 0.15) is 26.7 Å². The van der Waals surface area contributed by atoms with Gasteiger partial charge in [-0.3, -0.25) is 4.90 Å². The van der Waals surface area contributed by atoms with E-state index in [0.717, 1.165) is 18.7 Å². The molecule has 1 saturated heterocycles. The minimum atomic E-state index is -0.462. The van der Waals surface area contributed by atoms with Crippen molar-refractivity contribution in [2.45, 2.75) is 32.9 Å². The highest BCUT2D eigenvalue weighted by molar-refractivity contribution is 7.08. The molecule has 2 aromatic rings. The predicted octanol–water partition coefficient (Wildman–Crippen LogP) is 2.85. The lowest BCUT2D eigenvalue weighted by Crippen LogP contribution is -2.49. The molecule has 0 saturated carbocycles. The van der Waals surface area contributed by atoms with Gasteiger partial charge in [-0.25, -0.2) is 4.79 Å². The Morgan fingerprint density at radius 2 is 2.08 bits per heavy atom. The van der Waals surface area contributed by atoms with Crippen molar-refractivity contribution in [2.75, 3.05) is 26.2 Å². The molecule has 1 aliphatic rings. The second-order valence-electron chi connectivity index (χ2n) is 6.77. The molecule has 3 rings (SSSR count). The average molecular weight is 350 g/mol. The molecule has 0 radical (unpaired) electrons. The zero-order chi connectivity index (χ0) is 17.2. The van der Waals surface area contributed by atoms with Crippen LogP contribution >= 0.6 is 11.3 Å². The van der Waals surface area contributed by atoms with E-state index in [2.05, 4.69) is 15.0 Å². The fourth-order valence-electron chi connectivity index (χ4n) is 2.43. The van der Waals surface area contributed by atoms with E-state index in [1.807, 2.05) is 37.6 Å². The van der Waals surface area contributed by atoms with Gasteiger partial charge in [-0.1, -0.05) is 5.16 Å². The van der Waals surface area contributed by atoms with Gasteiger partial charge >= 0.3 is 6.09 Å². The summed E-state index contributed by atoms with van der Waals surface area (Å²) < 4.78 is 10.7. The van der Waals surface area contributed by atoms with E-state index in [1.165, 1.54) is 0 Å². The maximum Gasteiger partial charge on any atom is 0.410 e. The number of carbonyl (C=O) groups is 1. The number of carbonyl (C=O) groups excluding carboxylic acids is 1. The van der Waals surface area contributed by atoms with Gasteiger partial charge in [0.05, 0.1) is 6.54 Å². The lowest BCUT2D eigenvalue weighted by molar-refractivity contribution is 0.0132. The summed E-state index contributed by atoms with van der Waals surface area (Å²) in [5, 5.41) is 8.00. The van der Waals surface area contributed by atoms with E-state index < -0.39 is 5.60 Å². The molecule has 24 heavy (non-hydrogen) atoms. The molecule has 7 nitrogen and oxygen atoms in total. The summed E-state index contributed by atoms with van der Waals surface area (Å²) in [6, 6.07) is 1.97. The van der Waals surface area contributed by atoms with Crippen molar-refractivity contribution in [3.8, 4) is 11.4 Å². The van der Waals surface area contributed by atoms with Gasteiger partial charge in [0.1, 0.15) is 5.60 Å². The number of aromatic nitrogens is 2. The van der Waals surface area contributed by atoms with E-state index in [9.17, 15) is 4.79 Å². The molecule has 0 aliphatic carbocycles. The highest BCUT2D eigenvalue weighted by atomic mass is 32.1. The van der Waals surface area contributed by atoms with Crippen LogP contribution in [-0.4, -0.2) is 57.8 Å². The summed E-state index contributed by atoms with van der Waals surface area (Å²) in [5.74, 6) is 1.22. The third-order valence-electron chi connectivity index (χ3n) is 3.63. The van der Waals surface area contributed by atoms with Gasteiger partial charge in [-0.05, 0) is 32.2 Å². The molecule has 0 N–H and O–H groups in total. The number of piperazine rings is 1. The number of rotatable bonds is 3. The van der Waals surface area contributed by atoms with Crippen molar-refractivity contribution < 1.29 is 14.1 Å². The lowest BCUT2D eigenvalue weighted by Gasteiger charge is -2.34. The zero-order valence-corrected chi connectivity index (χ0v) is 15.0. The van der Waals surface area contributed by atoms with Crippen molar-refractivity contribution in [1.82, 2.24) is 19.9 Å². The Morgan fingerprint density at radius 1 is 1.33 bits per heavy atom. The van der Waals surface area contributed by atoms with Crippen molar-refractivity contribution >= 4 is 17.4 Å². The monoisotopic (exact) mass is 350 g/mol. The van der Waals surface area contributed by atoms with E-state index in [4.69, 9.17) is 9.26 Å². The zero-order valence-electron chi connectivity index (χ0n) is 14.2. The number of thiophene rings is 1. The van der Waals surface area contributed by atoms with Crippen LogP contribution in [0.5, 0.6) is 0 Å². The predicted molar refractivity (Wildman–Crippen MR) is 90.7 cm³/mol. The van der Waals surface area contributed by atoms with Crippen molar-refractivity contribution in [3.05, 3.63) is 22.7 Å². The summed E-state index contributed by atoms with van der Waals surface area (Å²) >= 11 is 1.60. The average Bonchev–Trinajstić information content (AvgIpc) is 3.16. The van der Waals surface area contributed by atoms with E-state index in [1.54, 1.807) is 16.2 Å². The number of nitrogens with zero attached hydrogens (tertiary/aromatic N) is 4. The molecule has 1 amide bonds. The SMILES string of the molecule is CC(C)(C)OC(=O)N1CCN(Cc2nc(-c3ccsc3)no2)CC1. The number of hydrogen-bond donors (Lipinski definition) is 0. The molecule has 8 heteroatoms. The first-order valence-electron chi connectivity index (χ1n) is 7.96. The van der Waals surface area contributed by atoms with Crippen LogP contribution in [0.3, 0.4) is 0 Å². The van der Waals surface area contributed by atoms with E-state index in [0.29, 0.717) is 31.3 Å². The molecule has 1 fully saturated rings. The first kappa shape index (κ1) is 16.9. The molecule has 1 aliphatic heterocycles. The summed E-state index contributed by atoms with van der Waals surface area (Å²) in [7, 11) is 0. The highest BCUT2D eigenvalue weighted by Gasteiger charge is 2.26. The van der Waals surface area contributed by atoms with Crippen LogP contribution in [0.4, 0.5) is 4.79 Å². The van der Waals surface area contributed by atoms with Gasteiger partial charge in [0.15, 0.2) is 0 Å². The van der Waals surface area contributed by atoms with Crippen LogP contribution in [-0.2, 0) is 11.3 Å². The molecular formula is C16H22N4O3S. The third kappa shape index (κ3) is 4.33. The molecule has 2 aromatic heterocycles. The normalized spacial score (nSPS) is 16.4. The fraction of sp³-hybridized carbons (Fsp3) is 0.562. The molecule has 0 spiro atoms. The summed E-state index contributed by atoms with van der Waals surface area (Å²) in [6.45, 7) is 9.02. The van der Waals surface area contributed by atoms with Crippen LogP contribution in [0.25, 0.3) is 11.4 Å². The van der Waals surface area contributed by atoms with Gasteiger partial charge in [0.25, 0.3) is 0 Å². The van der Waals surface area contributed by atoms with E-state index in [-0.39, 0.29) is 6.09 Å². The van der Waals surface area contributed by atoms with Gasteiger partial charge in [0, 0.05) is 37.1 Å². The van der Waals surface area contributed by atoms with Gasteiger partial charge in [0.2, 0.25) is 11.7 Å². The Morgan fingerprint density at radius 3 is 2.71 bits per heavy atom. The third-order valence-corrected chi connectivity index (χ3v) is 4.31. The lowest BCUT2D eigenvalue weighted by atomic mass is 10.2. The first-order valence-corrected chi connectivity index (χ1v) is 8.90. The smallest absolute Gasteiger partial charge is 0.410 e. The second kappa shape index (κ2) is 6.90. The Bertz CT molecular complexity index is 670. The van der Waals surface area contributed by atoms with Crippen molar-refractivity contribution in [1.29, 1.82) is 0 Å². The van der Waals surface area contributed by atoms with Crippen LogP contribution in [0, 0.1) is 0 Å².